The van der Waals surface area contributed by atoms with E-state index < -0.39 is 23.0 Å². The molecule has 146 valence electrons. The summed E-state index contributed by atoms with van der Waals surface area (Å²) in [6, 6.07) is 0. The average Bonchev–Trinajstić information content (AvgIpc) is 2.46. The molecule has 1 aliphatic heterocycles. The summed E-state index contributed by atoms with van der Waals surface area (Å²) in [7, 11) is 0. The van der Waals surface area contributed by atoms with Crippen LogP contribution < -0.4 is 0 Å². The van der Waals surface area contributed by atoms with E-state index in [2.05, 4.69) is 0 Å². The molecular weight excluding hydrogens is 322 g/mol. The van der Waals surface area contributed by atoms with Gasteiger partial charge in [-0.1, -0.05) is 25.7 Å². The first kappa shape index (κ1) is 21.9. The fourth-order valence-corrected chi connectivity index (χ4v) is 4.36. The molecular formula is C19H35NO5. The lowest BCUT2D eigenvalue weighted by molar-refractivity contribution is -0.254. The van der Waals surface area contributed by atoms with Gasteiger partial charge in [0.25, 0.3) is 0 Å². The Labute approximate surface area is 151 Å². The molecule has 0 spiro atoms. The van der Waals surface area contributed by atoms with Crippen LogP contribution in [0, 0.1) is 11.8 Å². The third-order valence-electron chi connectivity index (χ3n) is 5.46. The molecule has 1 unspecified atom stereocenters. The number of hydroxylamine groups is 2. The van der Waals surface area contributed by atoms with Gasteiger partial charge in [-0.05, 0) is 59.3 Å². The van der Waals surface area contributed by atoms with Crippen LogP contribution in [0.4, 0.5) is 0 Å². The summed E-state index contributed by atoms with van der Waals surface area (Å²) in [4.78, 5) is 22.3. The van der Waals surface area contributed by atoms with Gasteiger partial charge in [-0.25, -0.2) is 0 Å². The highest BCUT2D eigenvalue weighted by molar-refractivity contribution is 5.70. The standard InChI is InChI=1S/C19H35NO5/c1-18(2)12-14(13-19(3,4)20(18)25)15(17(23)24)10-8-6-5-7-9-11-16(21)22/h14-15,25H,5-13H2,1-4H3,(H,21,22)(H,23,24). The van der Waals surface area contributed by atoms with Crippen molar-refractivity contribution >= 4 is 11.9 Å². The number of piperidine rings is 1. The van der Waals surface area contributed by atoms with Gasteiger partial charge in [0.15, 0.2) is 0 Å². The van der Waals surface area contributed by atoms with Crippen molar-refractivity contribution in [3.05, 3.63) is 0 Å². The highest BCUT2D eigenvalue weighted by Gasteiger charge is 2.48. The molecule has 25 heavy (non-hydrogen) atoms. The highest BCUT2D eigenvalue weighted by Crippen LogP contribution is 2.44. The molecule has 0 bridgehead atoms. The highest BCUT2D eigenvalue weighted by atomic mass is 16.5. The van der Waals surface area contributed by atoms with Crippen LogP contribution in [0.5, 0.6) is 0 Å². The van der Waals surface area contributed by atoms with Gasteiger partial charge in [0.05, 0.1) is 5.92 Å². The van der Waals surface area contributed by atoms with Crippen LogP contribution in [0.2, 0.25) is 0 Å². The van der Waals surface area contributed by atoms with Crippen LogP contribution in [0.1, 0.15) is 85.5 Å². The summed E-state index contributed by atoms with van der Waals surface area (Å²) in [5.41, 5.74) is -0.867. The lowest BCUT2D eigenvalue weighted by Crippen LogP contribution is -2.60. The number of rotatable bonds is 10. The number of hydrogen-bond acceptors (Lipinski definition) is 4. The van der Waals surface area contributed by atoms with Gasteiger partial charge in [0.2, 0.25) is 0 Å². The molecule has 1 heterocycles. The average molecular weight is 357 g/mol. The minimum Gasteiger partial charge on any atom is -0.481 e. The van der Waals surface area contributed by atoms with E-state index in [0.29, 0.717) is 25.7 Å². The van der Waals surface area contributed by atoms with Crippen molar-refractivity contribution in [1.29, 1.82) is 0 Å². The number of aliphatic carboxylic acids is 2. The topological polar surface area (TPSA) is 98.1 Å². The van der Waals surface area contributed by atoms with Crippen LogP contribution in [-0.2, 0) is 9.59 Å². The Morgan fingerprint density at radius 2 is 1.44 bits per heavy atom. The maximum atomic E-state index is 11.8. The Balaban J connectivity index is 2.51. The van der Waals surface area contributed by atoms with Gasteiger partial charge < -0.3 is 15.4 Å². The summed E-state index contributed by atoms with van der Waals surface area (Å²) in [5.74, 6) is -1.83. The number of carboxylic acids is 2. The third kappa shape index (κ3) is 6.59. The van der Waals surface area contributed by atoms with Gasteiger partial charge in [0.1, 0.15) is 0 Å². The van der Waals surface area contributed by atoms with Gasteiger partial charge in [-0.2, -0.15) is 5.06 Å². The molecule has 0 aromatic rings. The molecule has 1 atom stereocenters. The zero-order valence-electron chi connectivity index (χ0n) is 16.1. The number of carbonyl (C=O) groups is 2. The first-order valence-electron chi connectivity index (χ1n) is 9.41. The van der Waals surface area contributed by atoms with Crippen molar-refractivity contribution in [3.63, 3.8) is 0 Å². The molecule has 0 aromatic heterocycles. The van der Waals surface area contributed by atoms with Crippen molar-refractivity contribution < 1.29 is 25.0 Å². The SMILES string of the molecule is CC1(C)CC(C(CCCCCCCC(=O)O)C(=O)O)CC(C)(C)N1O. The van der Waals surface area contributed by atoms with Gasteiger partial charge in [-0.15, -0.1) is 0 Å². The second kappa shape index (κ2) is 8.99. The molecule has 6 nitrogen and oxygen atoms in total. The Hall–Kier alpha value is -1.14. The maximum Gasteiger partial charge on any atom is 0.306 e. The monoisotopic (exact) mass is 357 g/mol. The van der Waals surface area contributed by atoms with Crippen LogP contribution in [0.25, 0.3) is 0 Å². The van der Waals surface area contributed by atoms with Crippen molar-refractivity contribution in [2.75, 3.05) is 0 Å². The quantitative estimate of drug-likeness (QED) is 0.508. The van der Waals surface area contributed by atoms with Crippen molar-refractivity contribution in [2.45, 2.75) is 96.6 Å². The smallest absolute Gasteiger partial charge is 0.306 e. The van der Waals surface area contributed by atoms with E-state index in [1.165, 1.54) is 5.06 Å². The minimum atomic E-state index is -0.758. The molecule has 0 amide bonds. The lowest BCUT2D eigenvalue weighted by atomic mass is 9.69. The van der Waals surface area contributed by atoms with Gasteiger partial charge in [0, 0.05) is 17.5 Å². The minimum absolute atomic E-state index is 0.0536. The molecule has 1 aliphatic rings. The second-order valence-electron chi connectivity index (χ2n) is 8.75. The molecule has 1 rings (SSSR count). The zero-order valence-corrected chi connectivity index (χ0v) is 16.1. The summed E-state index contributed by atoms with van der Waals surface area (Å²) in [6.45, 7) is 7.84. The first-order valence-corrected chi connectivity index (χ1v) is 9.41. The van der Waals surface area contributed by atoms with Crippen LogP contribution in [0.15, 0.2) is 0 Å². The largest absolute Gasteiger partial charge is 0.481 e. The Morgan fingerprint density at radius 1 is 0.960 bits per heavy atom. The van der Waals surface area contributed by atoms with E-state index in [9.17, 15) is 19.9 Å². The summed E-state index contributed by atoms with van der Waals surface area (Å²) >= 11 is 0. The van der Waals surface area contributed by atoms with Crippen molar-refractivity contribution in [3.8, 4) is 0 Å². The van der Waals surface area contributed by atoms with Crippen LogP contribution >= 0.6 is 0 Å². The normalized spacial score (nSPS) is 21.8. The van der Waals surface area contributed by atoms with Crippen molar-refractivity contribution in [2.24, 2.45) is 11.8 Å². The van der Waals surface area contributed by atoms with E-state index >= 15 is 0 Å². The van der Waals surface area contributed by atoms with E-state index in [1.807, 2.05) is 27.7 Å². The molecule has 3 N–H and O–H groups in total. The predicted molar refractivity (Wildman–Crippen MR) is 95.6 cm³/mol. The van der Waals surface area contributed by atoms with Gasteiger partial charge >= 0.3 is 11.9 Å². The molecule has 0 radical (unpaired) electrons. The second-order valence-corrected chi connectivity index (χ2v) is 8.75. The number of nitrogens with zero attached hydrogens (tertiary/aromatic N) is 1. The molecule has 0 aromatic carbocycles. The first-order chi connectivity index (χ1) is 11.5. The fourth-order valence-electron chi connectivity index (χ4n) is 4.36. The van der Waals surface area contributed by atoms with Gasteiger partial charge in [-0.3, -0.25) is 9.59 Å². The predicted octanol–water partition coefficient (Wildman–Crippen LogP) is 4.16. The molecule has 1 saturated heterocycles. The fraction of sp³-hybridized carbons (Fsp3) is 0.895. The Kier molecular flexibility index (Phi) is 7.88. The van der Waals surface area contributed by atoms with Crippen LogP contribution in [0.3, 0.4) is 0 Å². The van der Waals surface area contributed by atoms with E-state index in [-0.39, 0.29) is 18.3 Å². The van der Waals surface area contributed by atoms with E-state index in [4.69, 9.17) is 5.11 Å². The Morgan fingerprint density at radius 3 is 1.92 bits per heavy atom. The molecule has 6 heteroatoms. The number of unbranched alkanes of at least 4 members (excludes halogenated alkanes) is 4. The summed E-state index contributed by atoms with van der Waals surface area (Å²) in [5, 5.41) is 30.1. The zero-order chi connectivity index (χ0) is 19.3. The Bertz CT molecular complexity index is 443. The third-order valence-corrected chi connectivity index (χ3v) is 5.46. The number of hydrogen-bond donors (Lipinski definition) is 3. The lowest BCUT2D eigenvalue weighted by Gasteiger charge is -2.52. The van der Waals surface area contributed by atoms with Crippen molar-refractivity contribution in [1.82, 2.24) is 5.06 Å². The van der Waals surface area contributed by atoms with Crippen LogP contribution in [-0.4, -0.2) is 43.5 Å². The molecule has 1 fully saturated rings. The molecule has 0 saturated carbocycles. The summed E-state index contributed by atoms with van der Waals surface area (Å²) in [6.07, 6.45) is 6.51. The maximum absolute atomic E-state index is 11.8. The molecule has 0 aliphatic carbocycles. The van der Waals surface area contributed by atoms with E-state index in [0.717, 1.165) is 25.7 Å². The van der Waals surface area contributed by atoms with E-state index in [1.54, 1.807) is 0 Å². The summed E-state index contributed by atoms with van der Waals surface area (Å²) < 4.78 is 0. The number of carboxylic acid groups (broad SMARTS) is 2.